The molecular formula is C33H24N2. The van der Waals surface area contributed by atoms with E-state index in [2.05, 4.69) is 120 Å². The van der Waals surface area contributed by atoms with Gasteiger partial charge >= 0.3 is 0 Å². The Kier molecular flexibility index (Phi) is 4.40. The predicted molar refractivity (Wildman–Crippen MR) is 149 cm³/mol. The number of nitrogens with zero attached hydrogens (tertiary/aromatic N) is 1. The Balaban J connectivity index is 1.27. The van der Waals surface area contributed by atoms with E-state index < -0.39 is 0 Å². The molecule has 2 heterocycles. The van der Waals surface area contributed by atoms with Gasteiger partial charge in [-0.3, -0.25) is 0 Å². The molecule has 0 unspecified atom stereocenters. The van der Waals surface area contributed by atoms with Crippen LogP contribution in [0, 0.1) is 0 Å². The Hall–Kier alpha value is -4.56. The molecule has 0 bridgehead atoms. The van der Waals surface area contributed by atoms with Gasteiger partial charge in [0.15, 0.2) is 0 Å². The Labute approximate surface area is 203 Å². The Bertz CT molecular complexity index is 1860. The van der Waals surface area contributed by atoms with Crippen LogP contribution in [0.2, 0.25) is 0 Å². The first-order valence-electron chi connectivity index (χ1n) is 12.1. The molecule has 166 valence electrons. The monoisotopic (exact) mass is 448 g/mol. The van der Waals surface area contributed by atoms with Crippen LogP contribution in [0.4, 0.5) is 0 Å². The third kappa shape index (κ3) is 3.11. The topological polar surface area (TPSA) is 30.4 Å². The van der Waals surface area contributed by atoms with Crippen LogP contribution in [-0.2, 0) is 6.42 Å². The summed E-state index contributed by atoms with van der Waals surface area (Å²) in [7, 11) is 0. The number of aromatic nitrogens is 1. The van der Waals surface area contributed by atoms with Crippen LogP contribution < -0.4 is 5.73 Å². The molecule has 2 aromatic heterocycles. The van der Waals surface area contributed by atoms with Gasteiger partial charge in [0.25, 0.3) is 0 Å². The summed E-state index contributed by atoms with van der Waals surface area (Å²) in [5, 5.41) is 5.16. The summed E-state index contributed by atoms with van der Waals surface area (Å²) in [5.74, 6) is 0. The Morgan fingerprint density at radius 3 is 2.06 bits per heavy atom. The molecule has 0 aliphatic carbocycles. The zero-order valence-electron chi connectivity index (χ0n) is 19.3. The van der Waals surface area contributed by atoms with Gasteiger partial charge in [-0.2, -0.15) is 0 Å². The fourth-order valence-electron chi connectivity index (χ4n) is 5.42. The number of para-hydroxylation sites is 2. The fraction of sp³-hybridized carbons (Fsp3) is 0.0303. The normalized spacial score (nSPS) is 12.4. The number of hydrogen-bond acceptors (Lipinski definition) is 1. The highest BCUT2D eigenvalue weighted by Gasteiger charge is 2.17. The third-order valence-corrected chi connectivity index (χ3v) is 7.18. The molecule has 0 aliphatic rings. The SMILES string of the molecule is N/C(=C\Cc1ccc(-c2ccccc2)cc1)c1ccc2c3cccc4c5ccccc5n(c2c1)c43. The van der Waals surface area contributed by atoms with Gasteiger partial charge in [0.2, 0.25) is 0 Å². The van der Waals surface area contributed by atoms with Gasteiger partial charge < -0.3 is 10.1 Å². The molecule has 0 saturated heterocycles. The van der Waals surface area contributed by atoms with E-state index in [9.17, 15) is 0 Å². The number of allylic oxidation sites excluding steroid dienone is 1. The van der Waals surface area contributed by atoms with Crippen LogP contribution in [0.15, 0.2) is 121 Å². The summed E-state index contributed by atoms with van der Waals surface area (Å²) < 4.78 is 2.40. The van der Waals surface area contributed by atoms with Crippen LogP contribution in [0.3, 0.4) is 0 Å². The van der Waals surface area contributed by atoms with Crippen molar-refractivity contribution in [2.45, 2.75) is 6.42 Å². The average molecular weight is 449 g/mol. The van der Waals surface area contributed by atoms with Crippen LogP contribution in [0.1, 0.15) is 11.1 Å². The quantitative estimate of drug-likeness (QED) is 0.290. The number of hydrogen-bond donors (Lipinski definition) is 1. The lowest BCUT2D eigenvalue weighted by Crippen LogP contribution is -1.97. The minimum atomic E-state index is 0.801. The molecular weight excluding hydrogens is 424 g/mol. The molecule has 2 nitrogen and oxygen atoms in total. The molecule has 0 saturated carbocycles. The third-order valence-electron chi connectivity index (χ3n) is 7.18. The van der Waals surface area contributed by atoms with E-state index in [1.807, 2.05) is 6.07 Å². The second kappa shape index (κ2) is 7.75. The van der Waals surface area contributed by atoms with Crippen molar-refractivity contribution in [1.82, 2.24) is 4.40 Å². The average Bonchev–Trinajstić information content (AvgIpc) is 3.44. The molecule has 0 atom stereocenters. The number of fused-ring (bicyclic) bond motifs is 6. The van der Waals surface area contributed by atoms with Crippen LogP contribution in [0.25, 0.3) is 54.9 Å². The van der Waals surface area contributed by atoms with Crippen molar-refractivity contribution in [3.8, 4) is 11.1 Å². The molecule has 0 spiro atoms. The van der Waals surface area contributed by atoms with Gasteiger partial charge in [-0.15, -0.1) is 0 Å². The second-order valence-electron chi connectivity index (χ2n) is 9.21. The summed E-state index contributed by atoms with van der Waals surface area (Å²) in [6, 6.07) is 41.1. The van der Waals surface area contributed by atoms with Gasteiger partial charge in [-0.1, -0.05) is 109 Å². The van der Waals surface area contributed by atoms with Gasteiger partial charge in [-0.05, 0) is 40.8 Å². The maximum Gasteiger partial charge on any atom is 0.0620 e. The van der Waals surface area contributed by atoms with Crippen molar-refractivity contribution in [3.05, 3.63) is 132 Å². The van der Waals surface area contributed by atoms with Gasteiger partial charge in [-0.25, -0.2) is 0 Å². The van der Waals surface area contributed by atoms with Crippen molar-refractivity contribution in [1.29, 1.82) is 0 Å². The molecule has 0 fully saturated rings. The highest BCUT2D eigenvalue weighted by atomic mass is 14.9. The van der Waals surface area contributed by atoms with E-state index in [0.29, 0.717) is 0 Å². The number of rotatable bonds is 4. The first-order chi connectivity index (χ1) is 17.3. The van der Waals surface area contributed by atoms with Gasteiger partial charge in [0.05, 0.1) is 16.6 Å². The highest BCUT2D eigenvalue weighted by Crippen LogP contribution is 2.39. The zero-order valence-corrected chi connectivity index (χ0v) is 19.3. The smallest absolute Gasteiger partial charge is 0.0620 e. The van der Waals surface area contributed by atoms with Gasteiger partial charge in [0, 0.05) is 27.2 Å². The molecule has 2 heteroatoms. The minimum absolute atomic E-state index is 0.801. The van der Waals surface area contributed by atoms with E-state index in [1.54, 1.807) is 0 Å². The first kappa shape index (κ1) is 19.9. The van der Waals surface area contributed by atoms with Crippen molar-refractivity contribution in [2.24, 2.45) is 5.73 Å². The first-order valence-corrected chi connectivity index (χ1v) is 12.1. The predicted octanol–water partition coefficient (Wildman–Crippen LogP) is 8.05. The molecule has 0 amide bonds. The summed E-state index contributed by atoms with van der Waals surface area (Å²) in [4.78, 5) is 0. The van der Waals surface area contributed by atoms with E-state index >= 15 is 0 Å². The number of nitrogens with two attached hydrogens (primary N) is 1. The van der Waals surface area contributed by atoms with Crippen molar-refractivity contribution < 1.29 is 0 Å². The van der Waals surface area contributed by atoms with Crippen LogP contribution in [-0.4, -0.2) is 4.40 Å². The van der Waals surface area contributed by atoms with E-state index in [-0.39, 0.29) is 0 Å². The standard InChI is InChI=1S/C33H24N2/c34-30(20-15-22-13-16-24(17-14-22)23-7-2-1-3-8-23)25-18-19-27-29-11-6-10-28-26-9-4-5-12-31(26)35(33(28)29)32(27)21-25/h1-14,16-21H,15,34H2/b30-20-. The van der Waals surface area contributed by atoms with E-state index in [4.69, 9.17) is 5.73 Å². The van der Waals surface area contributed by atoms with Crippen LogP contribution in [0.5, 0.6) is 0 Å². The van der Waals surface area contributed by atoms with E-state index in [1.165, 1.54) is 54.8 Å². The Morgan fingerprint density at radius 2 is 1.26 bits per heavy atom. The van der Waals surface area contributed by atoms with Crippen molar-refractivity contribution in [3.63, 3.8) is 0 Å². The molecule has 0 radical (unpaired) electrons. The highest BCUT2D eigenvalue weighted by molar-refractivity contribution is 6.23. The number of benzene rings is 5. The summed E-state index contributed by atoms with van der Waals surface area (Å²) in [6.45, 7) is 0. The molecule has 2 N–H and O–H groups in total. The Morgan fingerprint density at radius 1 is 0.600 bits per heavy atom. The maximum atomic E-state index is 6.60. The molecule has 35 heavy (non-hydrogen) atoms. The van der Waals surface area contributed by atoms with Crippen molar-refractivity contribution in [2.75, 3.05) is 0 Å². The lowest BCUT2D eigenvalue weighted by atomic mass is 10.0. The largest absolute Gasteiger partial charge is 0.398 e. The van der Waals surface area contributed by atoms with Crippen LogP contribution >= 0.6 is 0 Å². The molecule has 0 aliphatic heterocycles. The summed E-state index contributed by atoms with van der Waals surface area (Å²) in [6.07, 6.45) is 2.93. The minimum Gasteiger partial charge on any atom is -0.398 e. The lowest BCUT2D eigenvalue weighted by molar-refractivity contribution is 1.26. The zero-order chi connectivity index (χ0) is 23.4. The lowest BCUT2D eigenvalue weighted by Gasteiger charge is -2.06. The van der Waals surface area contributed by atoms with Crippen molar-refractivity contribution >= 4 is 43.8 Å². The molecule has 7 aromatic rings. The molecule has 5 aromatic carbocycles. The van der Waals surface area contributed by atoms with E-state index in [0.717, 1.165) is 17.7 Å². The molecule has 7 rings (SSSR count). The summed E-state index contributed by atoms with van der Waals surface area (Å²) in [5.41, 5.74) is 15.9. The second-order valence-corrected chi connectivity index (χ2v) is 9.21. The van der Waals surface area contributed by atoms with Gasteiger partial charge in [0.1, 0.15) is 0 Å². The summed E-state index contributed by atoms with van der Waals surface area (Å²) >= 11 is 0. The maximum absolute atomic E-state index is 6.60. The fourth-order valence-corrected chi connectivity index (χ4v) is 5.42.